The third-order valence-corrected chi connectivity index (χ3v) is 6.98. The first-order valence-electron chi connectivity index (χ1n) is 11.5. The lowest BCUT2D eigenvalue weighted by Gasteiger charge is -2.27. The van der Waals surface area contributed by atoms with Gasteiger partial charge in [0.2, 0.25) is 0 Å². The van der Waals surface area contributed by atoms with E-state index in [1.165, 1.54) is 27.5 Å². The minimum atomic E-state index is 0.102. The molecule has 3 heterocycles. The van der Waals surface area contributed by atoms with Crippen molar-refractivity contribution >= 4 is 39.8 Å². The van der Waals surface area contributed by atoms with Crippen molar-refractivity contribution in [1.82, 2.24) is 4.98 Å². The fourth-order valence-corrected chi connectivity index (χ4v) is 5.21. The number of furan rings is 1. The van der Waals surface area contributed by atoms with Crippen LogP contribution in [0.4, 0.5) is 0 Å². The predicted molar refractivity (Wildman–Crippen MR) is 135 cm³/mol. The number of para-hydroxylation sites is 1. The second-order valence-corrected chi connectivity index (χ2v) is 8.94. The number of pyridine rings is 1. The molecule has 0 N–H and O–H groups in total. The van der Waals surface area contributed by atoms with Crippen molar-refractivity contribution in [2.45, 2.75) is 18.4 Å². The van der Waals surface area contributed by atoms with Gasteiger partial charge in [-0.1, -0.05) is 66.8 Å². The summed E-state index contributed by atoms with van der Waals surface area (Å²) in [5.74, 6) is 0.595. The highest BCUT2D eigenvalue weighted by Gasteiger charge is 2.27. The first kappa shape index (κ1) is 18.6. The fourth-order valence-electron chi connectivity index (χ4n) is 5.21. The molecule has 2 aliphatic carbocycles. The summed E-state index contributed by atoms with van der Waals surface area (Å²) in [5, 5.41) is 2.33. The molecule has 0 amide bonds. The Morgan fingerprint density at radius 2 is 1.79 bits per heavy atom. The highest BCUT2D eigenvalue weighted by Crippen LogP contribution is 2.38. The highest BCUT2D eigenvalue weighted by atomic mass is 16.3. The molecule has 158 valence electrons. The summed E-state index contributed by atoms with van der Waals surface area (Å²) in [6, 6.07) is 19.2. The molecule has 3 aliphatic rings. The van der Waals surface area contributed by atoms with Crippen LogP contribution in [0.2, 0.25) is 0 Å². The van der Waals surface area contributed by atoms with E-state index >= 15 is 0 Å². The van der Waals surface area contributed by atoms with Gasteiger partial charge in [0, 0.05) is 34.5 Å². The second kappa shape index (κ2) is 7.28. The summed E-state index contributed by atoms with van der Waals surface area (Å²) in [7, 11) is 0. The van der Waals surface area contributed by atoms with Crippen LogP contribution < -0.4 is 0 Å². The van der Waals surface area contributed by atoms with Crippen LogP contribution in [0.3, 0.4) is 0 Å². The minimum absolute atomic E-state index is 0.102. The molecule has 0 saturated heterocycles. The smallest absolute Gasteiger partial charge is 0.135 e. The Hall–Kier alpha value is -3.98. The SMILES string of the molecule is C1=CC2C=Cc3ccc(C4C=CC(c5ccc6oc7ccccc7c6c5)=CC4)nc3[C@H]2N=C1. The van der Waals surface area contributed by atoms with Crippen molar-refractivity contribution in [3.05, 3.63) is 114 Å². The first-order chi connectivity index (χ1) is 16.3. The number of hydrogen-bond donors (Lipinski definition) is 0. The first-order valence-corrected chi connectivity index (χ1v) is 11.5. The van der Waals surface area contributed by atoms with Crippen LogP contribution in [0, 0.1) is 5.92 Å². The van der Waals surface area contributed by atoms with Crippen LogP contribution >= 0.6 is 0 Å². The molecule has 33 heavy (non-hydrogen) atoms. The van der Waals surface area contributed by atoms with E-state index in [2.05, 4.69) is 78.9 Å². The number of aliphatic imine (C=N–C) groups is 1. The molecule has 0 saturated carbocycles. The number of hydrogen-bond acceptors (Lipinski definition) is 3. The summed E-state index contributed by atoms with van der Waals surface area (Å²) in [4.78, 5) is 9.80. The van der Waals surface area contributed by atoms with Crippen molar-refractivity contribution in [1.29, 1.82) is 0 Å². The second-order valence-electron chi connectivity index (χ2n) is 8.94. The van der Waals surface area contributed by atoms with Crippen molar-refractivity contribution in [3.63, 3.8) is 0 Å². The zero-order valence-corrected chi connectivity index (χ0v) is 18.1. The van der Waals surface area contributed by atoms with Gasteiger partial charge in [0.05, 0.1) is 5.69 Å². The van der Waals surface area contributed by atoms with Gasteiger partial charge in [-0.15, -0.1) is 0 Å². The molecule has 2 unspecified atom stereocenters. The van der Waals surface area contributed by atoms with E-state index in [-0.39, 0.29) is 12.0 Å². The van der Waals surface area contributed by atoms with E-state index in [1.807, 2.05) is 24.4 Å². The monoisotopic (exact) mass is 426 g/mol. The molecule has 3 heteroatoms. The van der Waals surface area contributed by atoms with Gasteiger partial charge in [0.25, 0.3) is 0 Å². The van der Waals surface area contributed by atoms with Gasteiger partial charge in [-0.25, -0.2) is 0 Å². The van der Waals surface area contributed by atoms with E-state index in [0.717, 1.165) is 29.0 Å². The molecule has 0 bridgehead atoms. The van der Waals surface area contributed by atoms with E-state index < -0.39 is 0 Å². The molecular formula is C30H22N2O. The Morgan fingerprint density at radius 1 is 0.848 bits per heavy atom. The van der Waals surface area contributed by atoms with Crippen LogP contribution in [-0.4, -0.2) is 11.2 Å². The Bertz CT molecular complexity index is 1560. The van der Waals surface area contributed by atoms with Gasteiger partial charge in [-0.2, -0.15) is 0 Å². The average Bonchev–Trinajstić information content (AvgIpc) is 3.26. The van der Waals surface area contributed by atoms with Crippen LogP contribution in [0.1, 0.15) is 40.9 Å². The van der Waals surface area contributed by atoms with Crippen LogP contribution in [0.5, 0.6) is 0 Å². The lowest BCUT2D eigenvalue weighted by molar-refractivity contribution is 0.588. The lowest BCUT2D eigenvalue weighted by atomic mass is 9.85. The van der Waals surface area contributed by atoms with Crippen LogP contribution in [0.25, 0.3) is 33.6 Å². The predicted octanol–water partition coefficient (Wildman–Crippen LogP) is 7.43. The summed E-state index contributed by atoms with van der Waals surface area (Å²) in [5.41, 5.74) is 7.75. The number of allylic oxidation sites excluding steroid dienone is 5. The Balaban J connectivity index is 1.18. The quantitative estimate of drug-likeness (QED) is 0.334. The van der Waals surface area contributed by atoms with Gasteiger partial charge in [-0.3, -0.25) is 9.98 Å². The number of rotatable bonds is 2. The maximum Gasteiger partial charge on any atom is 0.135 e. The zero-order valence-electron chi connectivity index (χ0n) is 18.1. The third kappa shape index (κ3) is 3.04. The van der Waals surface area contributed by atoms with Crippen LogP contribution in [0.15, 0.2) is 100 Å². The molecular weight excluding hydrogens is 404 g/mol. The summed E-state index contributed by atoms with van der Waals surface area (Å²) in [6.07, 6.45) is 18.4. The number of benzene rings is 2. The Kier molecular flexibility index (Phi) is 4.10. The van der Waals surface area contributed by atoms with E-state index in [9.17, 15) is 0 Å². The van der Waals surface area contributed by atoms with Gasteiger partial charge < -0.3 is 4.42 Å². The fraction of sp³-hybridized carbons (Fsp3) is 0.133. The summed E-state index contributed by atoms with van der Waals surface area (Å²) < 4.78 is 5.99. The molecule has 1 aliphatic heterocycles. The van der Waals surface area contributed by atoms with Gasteiger partial charge in [0.1, 0.15) is 17.2 Å². The molecule has 3 atom stereocenters. The summed E-state index contributed by atoms with van der Waals surface area (Å²) in [6.45, 7) is 0. The molecule has 0 radical (unpaired) electrons. The molecule has 0 fully saturated rings. The largest absolute Gasteiger partial charge is 0.456 e. The number of dihydropyridines is 1. The lowest BCUT2D eigenvalue weighted by Crippen LogP contribution is -2.17. The molecule has 3 nitrogen and oxygen atoms in total. The van der Waals surface area contributed by atoms with Crippen LogP contribution in [-0.2, 0) is 0 Å². The Labute approximate surface area is 192 Å². The Morgan fingerprint density at radius 3 is 2.73 bits per heavy atom. The van der Waals surface area contributed by atoms with E-state index in [0.29, 0.717) is 5.92 Å². The average molecular weight is 427 g/mol. The molecule has 0 spiro atoms. The van der Waals surface area contributed by atoms with E-state index in [4.69, 9.17) is 14.4 Å². The zero-order chi connectivity index (χ0) is 21.8. The highest BCUT2D eigenvalue weighted by molar-refractivity contribution is 6.06. The van der Waals surface area contributed by atoms with Crippen molar-refractivity contribution in [2.24, 2.45) is 10.9 Å². The van der Waals surface area contributed by atoms with Crippen molar-refractivity contribution < 1.29 is 4.42 Å². The topological polar surface area (TPSA) is 38.4 Å². The normalized spacial score (nSPS) is 23.0. The summed E-state index contributed by atoms with van der Waals surface area (Å²) >= 11 is 0. The maximum absolute atomic E-state index is 5.99. The molecule has 2 aromatic heterocycles. The van der Waals surface area contributed by atoms with Gasteiger partial charge in [-0.05, 0) is 53.5 Å². The van der Waals surface area contributed by atoms with Crippen molar-refractivity contribution in [2.75, 3.05) is 0 Å². The minimum Gasteiger partial charge on any atom is -0.456 e. The van der Waals surface area contributed by atoms with E-state index in [1.54, 1.807) is 0 Å². The number of nitrogens with zero attached hydrogens (tertiary/aromatic N) is 2. The maximum atomic E-state index is 5.99. The molecule has 2 aromatic carbocycles. The number of fused-ring (bicyclic) bond motifs is 6. The third-order valence-electron chi connectivity index (χ3n) is 6.98. The van der Waals surface area contributed by atoms with Gasteiger partial charge >= 0.3 is 0 Å². The number of aromatic nitrogens is 1. The van der Waals surface area contributed by atoms with Crippen molar-refractivity contribution in [3.8, 4) is 0 Å². The standard InChI is InChI=1S/C30H22N2O/c1-2-6-27-24(5-1)25-18-23(14-16-28(25)33-27)19-7-9-20(10-8-19)26-15-13-22-12-11-21-4-3-17-31-29(21)30(22)32-26/h1-9,11-18,20-21,29H,10H2/t20?,21?,29-/m0/s1. The molecule has 4 aromatic rings. The molecule has 7 rings (SSSR count). The van der Waals surface area contributed by atoms with Gasteiger partial charge in [0.15, 0.2) is 0 Å².